The van der Waals surface area contributed by atoms with Crippen molar-refractivity contribution in [1.82, 2.24) is 10.1 Å². The number of rotatable bonds is 7. The molecule has 0 bridgehead atoms. The molecule has 27 heavy (non-hydrogen) atoms. The van der Waals surface area contributed by atoms with E-state index in [0.29, 0.717) is 11.5 Å². The Balaban J connectivity index is 1.19. The highest BCUT2D eigenvalue weighted by atomic mass is 79.9. The minimum absolute atomic E-state index is 0.273. The number of nitrogens with zero attached hydrogens (tertiary/aromatic N) is 2. The molecule has 1 saturated heterocycles. The monoisotopic (exact) mass is 468 g/mol. The molecule has 3 heterocycles. The lowest BCUT2D eigenvalue weighted by atomic mass is 9.91. The van der Waals surface area contributed by atoms with Gasteiger partial charge in [0.05, 0.1) is 13.7 Å². The van der Waals surface area contributed by atoms with E-state index in [4.69, 9.17) is 4.52 Å². The number of likely N-dealkylation sites (tertiary alicyclic amines) is 1. The van der Waals surface area contributed by atoms with E-state index in [1.165, 1.54) is 45.3 Å². The Morgan fingerprint density at radius 2 is 2.07 bits per heavy atom. The molecule has 3 nitrogen and oxygen atoms in total. The van der Waals surface area contributed by atoms with Crippen LogP contribution in [-0.4, -0.2) is 35.4 Å². The van der Waals surface area contributed by atoms with Crippen LogP contribution >= 0.6 is 39.0 Å². The van der Waals surface area contributed by atoms with E-state index in [1.54, 1.807) is 6.07 Å². The van der Waals surface area contributed by atoms with Crippen LogP contribution in [0.5, 0.6) is 0 Å². The number of piperidine rings is 1. The molecule has 0 unspecified atom stereocenters. The maximum absolute atomic E-state index is 13.3. The van der Waals surface area contributed by atoms with Gasteiger partial charge in [-0.25, -0.2) is 4.39 Å². The number of hydrogen-bond donors (Lipinski definition) is 0. The molecule has 0 saturated carbocycles. The molecule has 0 radical (unpaired) electrons. The van der Waals surface area contributed by atoms with E-state index in [1.807, 2.05) is 23.1 Å². The molecule has 1 aromatic carbocycles. The highest BCUT2D eigenvalue weighted by Crippen LogP contribution is 2.33. The molecule has 1 aliphatic heterocycles. The maximum atomic E-state index is 13.3. The number of aromatic nitrogens is 1. The summed E-state index contributed by atoms with van der Waals surface area (Å²) in [6.07, 6.45) is 4.68. The zero-order valence-corrected chi connectivity index (χ0v) is 18.2. The number of fused-ring (bicyclic) bond motifs is 1. The molecule has 4 rings (SSSR count). The van der Waals surface area contributed by atoms with Gasteiger partial charge in [0.1, 0.15) is 5.82 Å². The molecule has 3 aromatic rings. The fraction of sp³-hybridized carbons (Fsp3) is 0.450. The summed E-state index contributed by atoms with van der Waals surface area (Å²) in [4.78, 5) is 2.56. The molecule has 0 N–H and O–H groups in total. The first-order chi connectivity index (χ1) is 13.2. The quantitative estimate of drug-likeness (QED) is 0.290. The minimum atomic E-state index is -0.273. The average molecular weight is 469 g/mol. The number of thiophene rings is 1. The van der Waals surface area contributed by atoms with Crippen molar-refractivity contribution in [3.63, 3.8) is 0 Å². The summed E-state index contributed by atoms with van der Waals surface area (Å²) in [5.41, 5.74) is 1.56. The molecule has 7 heteroatoms. The zero-order valence-electron chi connectivity index (χ0n) is 15.0. The van der Waals surface area contributed by atoms with Crippen molar-refractivity contribution in [3.8, 4) is 0 Å². The second-order valence-electron chi connectivity index (χ2n) is 6.94. The van der Waals surface area contributed by atoms with Crippen LogP contribution in [0.15, 0.2) is 42.9 Å². The van der Waals surface area contributed by atoms with Crippen molar-refractivity contribution in [1.29, 1.82) is 0 Å². The van der Waals surface area contributed by atoms with Crippen LogP contribution in [0.4, 0.5) is 4.39 Å². The third-order valence-corrected chi connectivity index (χ3v) is 8.03. The number of halogens is 2. The molecule has 1 fully saturated rings. The first-order valence-electron chi connectivity index (χ1n) is 9.34. The second kappa shape index (κ2) is 9.07. The molecule has 0 atom stereocenters. The fourth-order valence-corrected chi connectivity index (χ4v) is 6.55. The van der Waals surface area contributed by atoms with Gasteiger partial charge >= 0.3 is 0 Å². The van der Waals surface area contributed by atoms with Gasteiger partial charge in [0.15, 0.2) is 5.58 Å². The third kappa shape index (κ3) is 4.94. The maximum Gasteiger partial charge on any atom is 0.170 e. The van der Waals surface area contributed by atoms with Gasteiger partial charge in [0.25, 0.3) is 0 Å². The Morgan fingerprint density at radius 3 is 2.85 bits per heavy atom. The van der Waals surface area contributed by atoms with Gasteiger partial charge in [-0.1, -0.05) is 5.16 Å². The van der Waals surface area contributed by atoms with Gasteiger partial charge in [-0.05, 0) is 91.3 Å². The van der Waals surface area contributed by atoms with Crippen LogP contribution in [0.3, 0.4) is 0 Å². The topological polar surface area (TPSA) is 29.3 Å². The normalized spacial score (nSPS) is 16.4. The summed E-state index contributed by atoms with van der Waals surface area (Å²) in [6.45, 7) is 3.38. The van der Waals surface area contributed by atoms with Gasteiger partial charge in [-0.15, -0.1) is 23.1 Å². The molecule has 0 spiro atoms. The third-order valence-electron chi connectivity index (χ3n) is 5.10. The number of hydrogen-bond acceptors (Lipinski definition) is 5. The van der Waals surface area contributed by atoms with Crippen molar-refractivity contribution in [3.05, 3.63) is 45.6 Å². The lowest BCUT2D eigenvalue weighted by molar-refractivity contribution is 0.207. The minimum Gasteiger partial charge on any atom is -0.356 e. The van der Waals surface area contributed by atoms with Gasteiger partial charge in [0.2, 0.25) is 0 Å². The van der Waals surface area contributed by atoms with E-state index in [-0.39, 0.29) is 5.82 Å². The Hall–Kier alpha value is -0.890. The summed E-state index contributed by atoms with van der Waals surface area (Å²) < 4.78 is 21.2. The van der Waals surface area contributed by atoms with E-state index >= 15 is 0 Å². The molecule has 2 aromatic heterocycles. The van der Waals surface area contributed by atoms with Crippen LogP contribution < -0.4 is 0 Å². The van der Waals surface area contributed by atoms with Gasteiger partial charge in [-0.3, -0.25) is 0 Å². The van der Waals surface area contributed by atoms with Crippen LogP contribution in [0, 0.1) is 5.82 Å². The summed E-state index contributed by atoms with van der Waals surface area (Å²) in [7, 11) is 0. The molecular formula is C20H22BrFN2OS2. The lowest BCUT2D eigenvalue weighted by Gasteiger charge is -2.31. The Bertz CT molecular complexity index is 889. The highest BCUT2D eigenvalue weighted by Gasteiger charge is 2.24. The summed E-state index contributed by atoms with van der Waals surface area (Å²) >= 11 is 7.28. The number of thioether (sulfide) groups is 1. The van der Waals surface area contributed by atoms with Crippen LogP contribution in [-0.2, 0) is 0 Å². The van der Waals surface area contributed by atoms with E-state index in [9.17, 15) is 4.39 Å². The van der Waals surface area contributed by atoms with Gasteiger partial charge < -0.3 is 9.42 Å². The Labute approximate surface area is 175 Å². The molecule has 144 valence electrons. The second-order valence-corrected chi connectivity index (χ2v) is 10.8. The number of unbranched alkanes of at least 4 members (excludes halogenated alkanes) is 1. The predicted molar refractivity (Wildman–Crippen MR) is 114 cm³/mol. The standard InChI is InChI=1S/C20H22BrFN2OS2/c21-18-5-6-19(27-18)26-12-2-1-9-24-10-7-14(8-11-24)20-16-4-3-15(22)13-17(16)25-23-20/h3-6,13-14H,1-2,7-12H2. The zero-order chi connectivity index (χ0) is 18.6. The SMILES string of the molecule is Fc1ccc2c(C3CCN(CCCCSc4ccc(Br)s4)CC3)noc2c1. The van der Waals surface area contributed by atoms with E-state index in [2.05, 4.69) is 38.1 Å². The number of benzene rings is 1. The molecule has 0 amide bonds. The fourth-order valence-electron chi connectivity index (χ4n) is 3.64. The summed E-state index contributed by atoms with van der Waals surface area (Å²) in [6, 6.07) is 9.02. The smallest absolute Gasteiger partial charge is 0.170 e. The van der Waals surface area contributed by atoms with Crippen LogP contribution in [0.1, 0.15) is 37.3 Å². The van der Waals surface area contributed by atoms with E-state index < -0.39 is 0 Å². The van der Waals surface area contributed by atoms with Gasteiger partial charge in [-0.2, -0.15) is 0 Å². The molecular weight excluding hydrogens is 447 g/mol. The van der Waals surface area contributed by atoms with E-state index in [0.717, 1.165) is 37.0 Å². The average Bonchev–Trinajstić information content (AvgIpc) is 3.27. The highest BCUT2D eigenvalue weighted by molar-refractivity contribution is 9.11. The molecule has 0 aliphatic carbocycles. The van der Waals surface area contributed by atoms with Crippen molar-refractivity contribution in [2.24, 2.45) is 0 Å². The van der Waals surface area contributed by atoms with Crippen molar-refractivity contribution in [2.75, 3.05) is 25.4 Å². The van der Waals surface area contributed by atoms with Crippen molar-refractivity contribution < 1.29 is 8.91 Å². The van der Waals surface area contributed by atoms with Crippen LogP contribution in [0.2, 0.25) is 0 Å². The lowest BCUT2D eigenvalue weighted by Crippen LogP contribution is -2.33. The Morgan fingerprint density at radius 1 is 1.22 bits per heavy atom. The first kappa shape index (κ1) is 19.4. The van der Waals surface area contributed by atoms with Gasteiger partial charge in [0, 0.05) is 17.4 Å². The largest absolute Gasteiger partial charge is 0.356 e. The van der Waals surface area contributed by atoms with Crippen molar-refractivity contribution >= 4 is 50.0 Å². The predicted octanol–water partition coefficient (Wildman–Crippen LogP) is 6.54. The summed E-state index contributed by atoms with van der Waals surface area (Å²) in [5.74, 6) is 1.33. The first-order valence-corrected chi connectivity index (χ1v) is 11.9. The summed E-state index contributed by atoms with van der Waals surface area (Å²) in [5, 5.41) is 5.20. The van der Waals surface area contributed by atoms with Crippen LogP contribution in [0.25, 0.3) is 11.0 Å². The molecule has 1 aliphatic rings. The Kier molecular flexibility index (Phi) is 6.53. The van der Waals surface area contributed by atoms with Crippen molar-refractivity contribution in [2.45, 2.75) is 35.8 Å².